The first kappa shape index (κ1) is 13.7. The van der Waals surface area contributed by atoms with Crippen LogP contribution in [0.15, 0.2) is 48.5 Å². The fourth-order valence-corrected chi connectivity index (χ4v) is 3.41. The second-order valence-electron chi connectivity index (χ2n) is 4.48. The number of ether oxygens (including phenoxy) is 1. The molecule has 0 saturated heterocycles. The van der Waals surface area contributed by atoms with Gasteiger partial charge in [0.15, 0.2) is 0 Å². The van der Waals surface area contributed by atoms with Crippen molar-refractivity contribution in [2.45, 2.75) is 0 Å². The highest BCUT2D eigenvalue weighted by molar-refractivity contribution is 7.94. The van der Waals surface area contributed by atoms with Crippen molar-refractivity contribution in [3.63, 3.8) is 0 Å². The highest BCUT2D eigenvalue weighted by atomic mass is 32.2. The van der Waals surface area contributed by atoms with Crippen LogP contribution in [0.4, 0.5) is 15.8 Å². The Bertz CT molecular complexity index is 764. The molecule has 5 nitrogen and oxygen atoms in total. The van der Waals surface area contributed by atoms with E-state index in [1.54, 1.807) is 30.3 Å². The van der Waals surface area contributed by atoms with Crippen molar-refractivity contribution >= 4 is 21.6 Å². The Balaban J connectivity index is 1.95. The molecule has 0 amide bonds. The second-order valence-corrected chi connectivity index (χ2v) is 6.07. The van der Waals surface area contributed by atoms with Gasteiger partial charge in [-0.05, 0) is 24.3 Å². The van der Waals surface area contributed by atoms with Crippen LogP contribution in [0.1, 0.15) is 0 Å². The Morgan fingerprint density at radius 3 is 2.62 bits per heavy atom. The lowest BCUT2D eigenvalue weighted by atomic mass is 10.2. The zero-order chi connectivity index (χ0) is 14.9. The predicted molar refractivity (Wildman–Crippen MR) is 78.2 cm³/mol. The van der Waals surface area contributed by atoms with Crippen LogP contribution in [0.5, 0.6) is 5.75 Å². The third-order valence-corrected chi connectivity index (χ3v) is 4.53. The lowest BCUT2D eigenvalue weighted by Gasteiger charge is -2.30. The Labute approximate surface area is 122 Å². The highest BCUT2D eigenvalue weighted by Crippen LogP contribution is 2.33. The van der Waals surface area contributed by atoms with Crippen molar-refractivity contribution in [2.75, 3.05) is 22.2 Å². The van der Waals surface area contributed by atoms with Gasteiger partial charge in [-0.15, -0.1) is 0 Å². The highest BCUT2D eigenvalue weighted by Gasteiger charge is 2.28. The van der Waals surface area contributed by atoms with Gasteiger partial charge < -0.3 is 4.74 Å². The van der Waals surface area contributed by atoms with E-state index in [4.69, 9.17) is 4.74 Å². The number of benzene rings is 2. The number of nitrogens with zero attached hydrogens (tertiary/aromatic N) is 1. The number of fused-ring (bicyclic) bond motifs is 1. The molecule has 1 aliphatic rings. The molecule has 0 saturated carbocycles. The van der Waals surface area contributed by atoms with Gasteiger partial charge in [0.05, 0.1) is 17.9 Å². The molecule has 0 unspecified atom stereocenters. The van der Waals surface area contributed by atoms with Crippen LogP contribution in [0.3, 0.4) is 0 Å². The van der Waals surface area contributed by atoms with E-state index >= 15 is 0 Å². The van der Waals surface area contributed by atoms with Gasteiger partial charge in [0.2, 0.25) is 0 Å². The maximum absolute atomic E-state index is 13.6. The summed E-state index contributed by atoms with van der Waals surface area (Å²) in [5.41, 5.74) is 0.356. The van der Waals surface area contributed by atoms with E-state index in [0.29, 0.717) is 11.4 Å². The Morgan fingerprint density at radius 1 is 1.10 bits per heavy atom. The van der Waals surface area contributed by atoms with Gasteiger partial charge in [0, 0.05) is 0 Å². The minimum Gasteiger partial charge on any atom is -0.489 e. The first-order valence-corrected chi connectivity index (χ1v) is 7.79. The number of hydrogen-bond donors (Lipinski definition) is 1. The summed E-state index contributed by atoms with van der Waals surface area (Å²) in [5, 5.41) is 0. The average Bonchev–Trinajstić information content (AvgIpc) is 2.49. The number of nitrogens with one attached hydrogen (secondary N) is 1. The van der Waals surface area contributed by atoms with Crippen LogP contribution in [0.25, 0.3) is 0 Å². The monoisotopic (exact) mass is 308 g/mol. The first-order valence-electron chi connectivity index (χ1n) is 6.35. The molecule has 0 fully saturated rings. The summed E-state index contributed by atoms with van der Waals surface area (Å²) in [6.45, 7) is 0.413. The number of halogens is 1. The molecular weight excluding hydrogens is 295 g/mol. The summed E-state index contributed by atoms with van der Waals surface area (Å²) in [6.07, 6.45) is 0. The molecule has 0 spiro atoms. The van der Waals surface area contributed by atoms with E-state index in [1.165, 1.54) is 22.5 Å². The van der Waals surface area contributed by atoms with Crippen molar-refractivity contribution in [1.29, 1.82) is 0 Å². The standard InChI is InChI=1S/C14H13FN2O3S/c15-11-5-1-2-6-12(11)16-21(18,19)17-9-10-20-14-8-4-3-7-13(14)17/h1-8,16H,9-10H2. The minimum absolute atomic E-state index is 0.0820. The van der Waals surface area contributed by atoms with Crippen LogP contribution < -0.4 is 13.8 Å². The molecule has 0 aromatic heterocycles. The van der Waals surface area contributed by atoms with Crippen LogP contribution in [0, 0.1) is 5.82 Å². The number of para-hydroxylation sites is 3. The maximum atomic E-state index is 13.6. The topological polar surface area (TPSA) is 58.6 Å². The van der Waals surface area contributed by atoms with Crippen LogP contribution in [-0.4, -0.2) is 21.6 Å². The van der Waals surface area contributed by atoms with Crippen molar-refractivity contribution in [3.05, 3.63) is 54.3 Å². The molecule has 21 heavy (non-hydrogen) atoms. The molecule has 0 bridgehead atoms. The third-order valence-electron chi connectivity index (χ3n) is 3.09. The summed E-state index contributed by atoms with van der Waals surface area (Å²) in [7, 11) is -3.91. The molecule has 1 aliphatic heterocycles. The summed E-state index contributed by atoms with van der Waals surface area (Å²) in [5.74, 6) is -0.134. The van der Waals surface area contributed by atoms with E-state index in [0.717, 1.165) is 0 Å². The quantitative estimate of drug-likeness (QED) is 0.947. The lowest BCUT2D eigenvalue weighted by molar-refractivity contribution is 0.316. The van der Waals surface area contributed by atoms with Crippen molar-refractivity contribution in [1.82, 2.24) is 0 Å². The largest absolute Gasteiger partial charge is 0.489 e. The molecular formula is C14H13FN2O3S. The molecule has 3 rings (SSSR count). The minimum atomic E-state index is -3.91. The average molecular weight is 308 g/mol. The molecule has 2 aromatic rings. The second kappa shape index (κ2) is 5.25. The first-order chi connectivity index (χ1) is 10.1. The molecule has 7 heteroatoms. The molecule has 0 radical (unpaired) electrons. The van der Waals surface area contributed by atoms with Gasteiger partial charge in [0.1, 0.15) is 18.2 Å². The molecule has 110 valence electrons. The zero-order valence-corrected chi connectivity index (χ0v) is 11.8. The summed E-state index contributed by atoms with van der Waals surface area (Å²) in [6, 6.07) is 12.5. The van der Waals surface area contributed by atoms with Gasteiger partial charge in [-0.25, -0.2) is 8.70 Å². The van der Waals surface area contributed by atoms with Crippen LogP contribution in [0.2, 0.25) is 0 Å². The van der Waals surface area contributed by atoms with Crippen LogP contribution >= 0.6 is 0 Å². The van der Waals surface area contributed by atoms with E-state index in [-0.39, 0.29) is 18.8 Å². The van der Waals surface area contributed by atoms with E-state index < -0.39 is 16.0 Å². The maximum Gasteiger partial charge on any atom is 0.324 e. The van der Waals surface area contributed by atoms with Gasteiger partial charge in [-0.2, -0.15) is 8.42 Å². The molecule has 0 atom stereocenters. The summed E-state index contributed by atoms with van der Waals surface area (Å²) < 4.78 is 47.4. The Kier molecular flexibility index (Phi) is 3.42. The SMILES string of the molecule is O=S(=O)(Nc1ccccc1F)N1CCOc2ccccc21. The van der Waals surface area contributed by atoms with E-state index in [1.807, 2.05) is 0 Å². The predicted octanol–water partition coefficient (Wildman–Crippen LogP) is 2.38. The van der Waals surface area contributed by atoms with Gasteiger partial charge in [0.25, 0.3) is 0 Å². The van der Waals surface area contributed by atoms with Crippen LogP contribution in [-0.2, 0) is 10.2 Å². The van der Waals surface area contributed by atoms with E-state index in [9.17, 15) is 12.8 Å². The molecule has 2 aromatic carbocycles. The third kappa shape index (κ3) is 2.64. The molecule has 1 heterocycles. The van der Waals surface area contributed by atoms with E-state index in [2.05, 4.69) is 4.72 Å². The lowest BCUT2D eigenvalue weighted by Crippen LogP contribution is -2.41. The van der Waals surface area contributed by atoms with Crippen molar-refractivity contribution < 1.29 is 17.5 Å². The fourth-order valence-electron chi connectivity index (χ4n) is 2.13. The van der Waals surface area contributed by atoms with Gasteiger partial charge >= 0.3 is 10.2 Å². The number of anilines is 2. The number of hydrogen-bond acceptors (Lipinski definition) is 3. The fraction of sp³-hybridized carbons (Fsp3) is 0.143. The van der Waals surface area contributed by atoms with Crippen molar-refractivity contribution in [2.24, 2.45) is 0 Å². The molecule has 0 aliphatic carbocycles. The van der Waals surface area contributed by atoms with Crippen molar-refractivity contribution in [3.8, 4) is 5.75 Å². The molecule has 1 N–H and O–H groups in total. The van der Waals surface area contributed by atoms with Gasteiger partial charge in [-0.3, -0.25) is 4.72 Å². The Hall–Kier alpha value is -2.28. The summed E-state index contributed by atoms with van der Waals surface area (Å²) in [4.78, 5) is 0. The normalized spacial score (nSPS) is 14.2. The van der Waals surface area contributed by atoms with Gasteiger partial charge in [-0.1, -0.05) is 24.3 Å². The zero-order valence-electron chi connectivity index (χ0n) is 11.0. The Morgan fingerprint density at radius 2 is 1.81 bits per heavy atom. The number of rotatable bonds is 3. The smallest absolute Gasteiger partial charge is 0.324 e. The summed E-state index contributed by atoms with van der Waals surface area (Å²) >= 11 is 0.